The third kappa shape index (κ3) is 3.75. The molecule has 1 aromatic carbocycles. The monoisotopic (exact) mass is 379 g/mol. The molecule has 1 saturated heterocycles. The van der Waals surface area contributed by atoms with Crippen molar-refractivity contribution < 1.29 is 18.0 Å². The third-order valence-corrected chi connectivity index (χ3v) is 5.40. The fourth-order valence-electron chi connectivity index (χ4n) is 2.71. The van der Waals surface area contributed by atoms with Crippen LogP contribution in [0.2, 0.25) is 0 Å². The molecule has 0 aliphatic carbocycles. The molecule has 0 bridgehead atoms. The number of rotatable bonds is 4. The first-order valence-corrected chi connectivity index (χ1v) is 8.73. The predicted octanol–water partition coefficient (Wildman–Crippen LogP) is 3.78. The van der Waals surface area contributed by atoms with Crippen molar-refractivity contribution in [3.05, 3.63) is 65.5 Å². The molecule has 1 aromatic heterocycles. The van der Waals surface area contributed by atoms with Gasteiger partial charge in [0.15, 0.2) is 5.17 Å². The average molecular weight is 379 g/mol. The van der Waals surface area contributed by atoms with E-state index in [1.54, 1.807) is 37.5 Å². The highest BCUT2D eigenvalue weighted by Crippen LogP contribution is 2.40. The second kappa shape index (κ2) is 7.11. The Kier molecular flexibility index (Phi) is 5.04. The lowest BCUT2D eigenvalue weighted by Crippen LogP contribution is -2.31. The summed E-state index contributed by atoms with van der Waals surface area (Å²) in [5.41, 5.74) is 0.336. The van der Waals surface area contributed by atoms with Crippen LogP contribution in [-0.4, -0.2) is 22.6 Å². The molecule has 1 atom stereocenters. The number of amides is 1. The molecule has 0 saturated carbocycles. The summed E-state index contributed by atoms with van der Waals surface area (Å²) >= 11 is 1.26. The van der Waals surface area contributed by atoms with Gasteiger partial charge in [-0.05, 0) is 42.7 Å². The van der Waals surface area contributed by atoms with Crippen LogP contribution in [0.1, 0.15) is 23.6 Å². The molecule has 4 nitrogen and oxygen atoms in total. The number of aromatic nitrogens is 1. The molecular formula is C18H16F3N3OS. The van der Waals surface area contributed by atoms with E-state index in [9.17, 15) is 18.0 Å². The zero-order valence-corrected chi connectivity index (χ0v) is 14.7. The molecule has 2 aromatic rings. The van der Waals surface area contributed by atoms with E-state index in [0.29, 0.717) is 5.17 Å². The van der Waals surface area contributed by atoms with Gasteiger partial charge in [0.05, 0.1) is 5.56 Å². The number of nitrogens with one attached hydrogen (secondary N) is 1. The SMILES string of the molecule is CC1(c2ccncc2)SC(=NCCc2ccccc2C(F)(F)F)NC1=O. The van der Waals surface area contributed by atoms with Crippen molar-refractivity contribution in [3.63, 3.8) is 0 Å². The fourth-order valence-corrected chi connectivity index (χ4v) is 3.79. The van der Waals surface area contributed by atoms with Crippen LogP contribution in [0.3, 0.4) is 0 Å². The van der Waals surface area contributed by atoms with E-state index in [0.717, 1.165) is 11.6 Å². The second-order valence-corrected chi connectivity index (χ2v) is 7.32. The Morgan fingerprint density at radius 3 is 2.58 bits per heavy atom. The molecule has 0 spiro atoms. The van der Waals surface area contributed by atoms with Crippen LogP contribution in [0.5, 0.6) is 0 Å². The van der Waals surface area contributed by atoms with Crippen molar-refractivity contribution in [2.24, 2.45) is 4.99 Å². The summed E-state index contributed by atoms with van der Waals surface area (Å²) in [5.74, 6) is -0.205. The van der Waals surface area contributed by atoms with Crippen LogP contribution in [0.4, 0.5) is 13.2 Å². The zero-order valence-electron chi connectivity index (χ0n) is 13.9. The maximum absolute atomic E-state index is 13.0. The largest absolute Gasteiger partial charge is 0.416 e. The number of carbonyl (C=O) groups excluding carboxylic acids is 1. The molecule has 1 aliphatic heterocycles. The smallest absolute Gasteiger partial charge is 0.304 e. The van der Waals surface area contributed by atoms with Gasteiger partial charge in [0.25, 0.3) is 0 Å². The highest BCUT2D eigenvalue weighted by atomic mass is 32.2. The standard InChI is InChI=1S/C18H16F3N3OS/c1-17(13-7-9-22-10-8-13)15(25)24-16(26-17)23-11-6-12-4-2-3-5-14(12)18(19,20)21/h2-5,7-10H,6,11H2,1H3,(H,23,24,25). The summed E-state index contributed by atoms with van der Waals surface area (Å²) in [6.45, 7) is 1.94. The molecule has 8 heteroatoms. The van der Waals surface area contributed by atoms with Crippen LogP contribution in [-0.2, 0) is 22.1 Å². The van der Waals surface area contributed by atoms with Gasteiger partial charge in [-0.2, -0.15) is 13.2 Å². The summed E-state index contributed by atoms with van der Waals surface area (Å²) in [6, 6.07) is 8.97. The Hall–Kier alpha value is -2.35. The highest BCUT2D eigenvalue weighted by molar-refractivity contribution is 8.15. The highest BCUT2D eigenvalue weighted by Gasteiger charge is 2.44. The number of thioether (sulfide) groups is 1. The van der Waals surface area contributed by atoms with Gasteiger partial charge in [0.2, 0.25) is 5.91 Å². The van der Waals surface area contributed by atoms with Gasteiger partial charge in [-0.1, -0.05) is 30.0 Å². The fraction of sp³-hybridized carbons (Fsp3) is 0.278. The van der Waals surface area contributed by atoms with Crippen molar-refractivity contribution in [2.75, 3.05) is 6.54 Å². The first kappa shape index (κ1) is 18.4. The molecule has 1 unspecified atom stereocenters. The average Bonchev–Trinajstić information content (AvgIpc) is 2.90. The van der Waals surface area contributed by atoms with Crippen LogP contribution >= 0.6 is 11.8 Å². The van der Waals surface area contributed by atoms with Gasteiger partial charge in [0.1, 0.15) is 4.75 Å². The van der Waals surface area contributed by atoms with Gasteiger partial charge in [-0.3, -0.25) is 14.8 Å². The van der Waals surface area contributed by atoms with E-state index in [-0.39, 0.29) is 24.4 Å². The minimum absolute atomic E-state index is 0.140. The maximum atomic E-state index is 13.0. The maximum Gasteiger partial charge on any atom is 0.416 e. The summed E-state index contributed by atoms with van der Waals surface area (Å²) in [4.78, 5) is 20.6. The van der Waals surface area contributed by atoms with E-state index in [2.05, 4.69) is 15.3 Å². The molecule has 1 fully saturated rings. The van der Waals surface area contributed by atoms with Crippen molar-refractivity contribution in [1.82, 2.24) is 10.3 Å². The molecule has 2 heterocycles. The van der Waals surface area contributed by atoms with E-state index in [1.165, 1.54) is 23.9 Å². The second-order valence-electron chi connectivity index (χ2n) is 5.92. The lowest BCUT2D eigenvalue weighted by Gasteiger charge is -2.18. The molecule has 136 valence electrons. The summed E-state index contributed by atoms with van der Waals surface area (Å²) in [5, 5.41) is 3.12. The quantitative estimate of drug-likeness (QED) is 0.880. The van der Waals surface area contributed by atoms with Gasteiger partial charge < -0.3 is 5.32 Å². The first-order valence-electron chi connectivity index (χ1n) is 7.91. The molecule has 1 amide bonds. The lowest BCUT2D eigenvalue weighted by molar-refractivity contribution is -0.138. The van der Waals surface area contributed by atoms with Crippen LogP contribution in [0, 0.1) is 0 Å². The number of nitrogens with zero attached hydrogens (tertiary/aromatic N) is 2. The van der Waals surface area contributed by atoms with E-state index in [4.69, 9.17) is 0 Å². The van der Waals surface area contributed by atoms with Crippen molar-refractivity contribution >= 4 is 22.8 Å². The Bertz CT molecular complexity index is 839. The van der Waals surface area contributed by atoms with Crippen LogP contribution < -0.4 is 5.32 Å². The zero-order chi connectivity index (χ0) is 18.8. The summed E-state index contributed by atoms with van der Waals surface area (Å²) in [7, 11) is 0. The van der Waals surface area contributed by atoms with E-state index in [1.807, 2.05) is 0 Å². The van der Waals surface area contributed by atoms with Crippen molar-refractivity contribution in [3.8, 4) is 0 Å². The van der Waals surface area contributed by atoms with Gasteiger partial charge >= 0.3 is 6.18 Å². The van der Waals surface area contributed by atoms with Crippen LogP contribution in [0.15, 0.2) is 53.8 Å². The lowest BCUT2D eigenvalue weighted by atomic mass is 10.0. The number of hydrogen-bond acceptors (Lipinski definition) is 4. The molecule has 0 radical (unpaired) electrons. The number of carbonyl (C=O) groups is 1. The van der Waals surface area contributed by atoms with Gasteiger partial charge in [-0.15, -0.1) is 0 Å². The number of benzene rings is 1. The Labute approximate surface area is 152 Å². The van der Waals surface area contributed by atoms with Gasteiger partial charge in [-0.25, -0.2) is 0 Å². The molecule has 26 heavy (non-hydrogen) atoms. The number of amidine groups is 1. The van der Waals surface area contributed by atoms with Crippen LogP contribution in [0.25, 0.3) is 0 Å². The molecular weight excluding hydrogens is 363 g/mol. The summed E-state index contributed by atoms with van der Waals surface area (Å²) in [6.07, 6.45) is -1.03. The minimum Gasteiger partial charge on any atom is -0.304 e. The third-order valence-electron chi connectivity index (χ3n) is 4.15. The molecule has 1 aliphatic rings. The van der Waals surface area contributed by atoms with E-state index >= 15 is 0 Å². The Morgan fingerprint density at radius 1 is 1.19 bits per heavy atom. The molecule has 1 N–H and O–H groups in total. The number of pyridine rings is 1. The number of hydrogen-bond donors (Lipinski definition) is 1. The normalized spacial score (nSPS) is 21.8. The number of alkyl halides is 3. The molecule has 3 rings (SSSR count). The Balaban J connectivity index is 1.71. The number of aliphatic imine (C=N–C) groups is 1. The Morgan fingerprint density at radius 2 is 1.88 bits per heavy atom. The van der Waals surface area contributed by atoms with Crippen molar-refractivity contribution in [1.29, 1.82) is 0 Å². The minimum atomic E-state index is -4.39. The predicted molar refractivity (Wildman–Crippen MR) is 94.8 cm³/mol. The first-order chi connectivity index (χ1) is 12.3. The van der Waals surface area contributed by atoms with Crippen molar-refractivity contribution in [2.45, 2.75) is 24.3 Å². The van der Waals surface area contributed by atoms with E-state index < -0.39 is 16.5 Å². The topological polar surface area (TPSA) is 54.4 Å². The number of halogens is 3. The summed E-state index contributed by atoms with van der Waals surface area (Å²) < 4.78 is 38.2. The van der Waals surface area contributed by atoms with Gasteiger partial charge in [0, 0.05) is 18.9 Å².